The third-order valence-corrected chi connectivity index (χ3v) is 13.3. The smallest absolute Gasteiger partial charge is 0.333 e. The fourth-order valence-corrected chi connectivity index (χ4v) is 9.56. The largest absolute Gasteiger partial charge is 0.489 e. The van der Waals surface area contributed by atoms with Crippen molar-refractivity contribution in [3.8, 4) is 45.6 Å². The van der Waals surface area contributed by atoms with Gasteiger partial charge in [0, 0.05) is 55.0 Å². The number of ether oxygens (including phenoxy) is 12. The fraction of sp³-hybridized carbons (Fsp3) is 0.275. The number of benzene rings is 6. The van der Waals surface area contributed by atoms with Crippen LogP contribution in [0.5, 0.6) is 34.5 Å². The van der Waals surface area contributed by atoms with E-state index in [1.807, 2.05) is 60.7 Å². The number of hydrogen-bond acceptors (Lipinski definition) is 18. The van der Waals surface area contributed by atoms with E-state index in [-0.39, 0.29) is 158 Å². The molecule has 0 saturated carbocycles. The van der Waals surface area contributed by atoms with Crippen LogP contribution in [0, 0.1) is 0 Å². The second-order valence-electron chi connectivity index (χ2n) is 20.2. The molecule has 7 rings (SSSR count). The highest BCUT2D eigenvalue weighted by atomic mass is 16.6. The van der Waals surface area contributed by atoms with Gasteiger partial charge in [0.25, 0.3) is 0 Å². The molecule has 6 aromatic carbocycles. The van der Waals surface area contributed by atoms with Crippen molar-refractivity contribution < 1.29 is 85.6 Å². The summed E-state index contributed by atoms with van der Waals surface area (Å²) in [6, 6.07) is 29.5. The lowest BCUT2D eigenvalue weighted by Gasteiger charge is -2.39. The molecule has 0 spiro atoms. The van der Waals surface area contributed by atoms with E-state index in [2.05, 4.69) is 39.5 Å². The molecule has 454 valence electrons. The first-order valence-corrected chi connectivity index (χ1v) is 27.8. The van der Waals surface area contributed by atoms with Gasteiger partial charge in [0.05, 0.1) is 16.5 Å². The second kappa shape index (κ2) is 29.6. The molecular formula is C69H70O18. The van der Waals surface area contributed by atoms with Crippen molar-refractivity contribution in [1.82, 2.24) is 0 Å². The maximum atomic E-state index is 13.0. The minimum Gasteiger partial charge on any atom is -0.489 e. The highest BCUT2D eigenvalue weighted by molar-refractivity contribution is 6.04. The van der Waals surface area contributed by atoms with Crippen molar-refractivity contribution in [3.63, 3.8) is 0 Å². The van der Waals surface area contributed by atoms with Crippen molar-refractivity contribution in [1.29, 1.82) is 0 Å². The van der Waals surface area contributed by atoms with Gasteiger partial charge in [-0.05, 0) is 63.8 Å². The van der Waals surface area contributed by atoms with Crippen LogP contribution < -0.4 is 28.4 Å². The average Bonchev–Trinajstić information content (AvgIpc) is 1.63. The zero-order valence-electron chi connectivity index (χ0n) is 49.8. The molecule has 18 nitrogen and oxygen atoms in total. The highest BCUT2D eigenvalue weighted by Crippen LogP contribution is 2.67. The molecule has 18 heteroatoms. The first-order chi connectivity index (χ1) is 41.7. The van der Waals surface area contributed by atoms with Gasteiger partial charge in [0.2, 0.25) is 0 Å². The van der Waals surface area contributed by atoms with Crippen LogP contribution in [0.2, 0.25) is 0 Å². The van der Waals surface area contributed by atoms with Crippen molar-refractivity contribution in [2.75, 3.05) is 79.3 Å². The van der Waals surface area contributed by atoms with Gasteiger partial charge in [0.1, 0.15) is 90.8 Å². The number of esters is 6. The van der Waals surface area contributed by atoms with E-state index in [4.69, 9.17) is 56.8 Å². The van der Waals surface area contributed by atoms with E-state index in [0.29, 0.717) is 43.8 Å². The van der Waals surface area contributed by atoms with Crippen LogP contribution >= 0.6 is 0 Å². The number of carbonyl (C=O) groups excluding carboxylic acids is 6. The number of hydrogen-bond donors (Lipinski definition) is 0. The van der Waals surface area contributed by atoms with Crippen molar-refractivity contribution >= 4 is 57.4 Å². The lowest BCUT2D eigenvalue weighted by atomic mass is 9.65. The monoisotopic (exact) mass is 1190 g/mol. The van der Waals surface area contributed by atoms with E-state index in [0.717, 1.165) is 0 Å². The van der Waals surface area contributed by atoms with Crippen LogP contribution in [0.15, 0.2) is 170 Å². The lowest BCUT2D eigenvalue weighted by molar-refractivity contribution is -0.140. The second-order valence-corrected chi connectivity index (χ2v) is 20.2. The molecular weight excluding hydrogens is 1120 g/mol. The van der Waals surface area contributed by atoms with Crippen LogP contribution in [0.3, 0.4) is 0 Å². The molecule has 0 atom stereocenters. The van der Waals surface area contributed by atoms with E-state index in [9.17, 15) is 28.8 Å². The average molecular weight is 1190 g/mol. The molecule has 0 heterocycles. The summed E-state index contributed by atoms with van der Waals surface area (Å²) in [6.45, 7) is 28.3. The van der Waals surface area contributed by atoms with Crippen LogP contribution in [-0.4, -0.2) is 115 Å². The first kappa shape index (κ1) is 64.5. The van der Waals surface area contributed by atoms with Gasteiger partial charge in [-0.2, -0.15) is 0 Å². The normalized spacial score (nSPS) is 11.6. The molecule has 0 saturated heterocycles. The SMILES string of the molecule is C=C(C)C(=O)OCCOc1c(C2(c3c(OCCOC(=O)C(=C)C)c(OCCOC(=O)C(=C)C)c4ccccc4c3OCCOC(=O)C(=C)C)c3ccccc3-c3ccccc32)c(OCCOC(=O)C(=C)C)c2ccccc2c1OCCOC(=O)C(=C)C. The quantitative estimate of drug-likeness (QED) is 0.0166. The molecule has 0 aromatic heterocycles. The summed E-state index contributed by atoms with van der Waals surface area (Å²) >= 11 is 0. The Hall–Kier alpha value is -10.1. The Bertz CT molecular complexity index is 3470. The molecule has 87 heavy (non-hydrogen) atoms. The predicted octanol–water partition coefficient (Wildman–Crippen LogP) is 11.3. The van der Waals surface area contributed by atoms with Crippen molar-refractivity contribution in [2.45, 2.75) is 47.0 Å². The van der Waals surface area contributed by atoms with E-state index >= 15 is 0 Å². The van der Waals surface area contributed by atoms with E-state index < -0.39 is 41.2 Å². The molecule has 1 aliphatic carbocycles. The van der Waals surface area contributed by atoms with Crippen LogP contribution in [0.4, 0.5) is 0 Å². The molecule has 0 bridgehead atoms. The summed E-state index contributed by atoms with van der Waals surface area (Å²) in [4.78, 5) is 77.8. The number of carbonyl (C=O) groups is 6. The summed E-state index contributed by atoms with van der Waals surface area (Å²) in [7, 11) is 0. The Morgan fingerprint density at radius 2 is 0.494 bits per heavy atom. The van der Waals surface area contributed by atoms with Gasteiger partial charge in [-0.25, -0.2) is 28.8 Å². The lowest BCUT2D eigenvalue weighted by Crippen LogP contribution is -2.33. The Labute approximate surface area is 505 Å². The molecule has 0 fully saturated rings. The van der Waals surface area contributed by atoms with Gasteiger partial charge >= 0.3 is 35.8 Å². The molecule has 0 radical (unpaired) electrons. The van der Waals surface area contributed by atoms with Crippen molar-refractivity contribution in [3.05, 3.63) is 192 Å². The molecule has 6 aromatic rings. The van der Waals surface area contributed by atoms with Crippen LogP contribution in [-0.2, 0) is 62.6 Å². The molecule has 0 N–H and O–H groups in total. The maximum Gasteiger partial charge on any atom is 0.333 e. The third kappa shape index (κ3) is 14.7. The standard InChI is InChI=1S/C69H70O18/c1-41(2)63(70)82-35-29-76-57-49-23-13-15-25-51(49)59(78-31-37-84-65(72)43(5)6)61(80-33-39-86-67(74)45(9)10)55(57)69(53-27-19-17-21-47(53)48-22-18-20-28-54(48)69)56-58(77-30-36-83-64(71)42(3)4)50-24-14-16-26-52(50)60(79-32-38-85-66(73)44(7)8)62(56)81-34-40-87-68(75)46(11)12/h13-28H,1,3,5,7,9,11,29-40H2,2,4,6,8,10,12H3. The van der Waals surface area contributed by atoms with Crippen molar-refractivity contribution in [2.24, 2.45) is 0 Å². The molecule has 0 aliphatic heterocycles. The summed E-state index contributed by atoms with van der Waals surface area (Å²) in [5, 5.41) is 1.75. The summed E-state index contributed by atoms with van der Waals surface area (Å²) in [5.74, 6) is -3.42. The third-order valence-electron chi connectivity index (χ3n) is 13.3. The predicted molar refractivity (Wildman–Crippen MR) is 326 cm³/mol. The zero-order chi connectivity index (χ0) is 63.0. The Kier molecular flexibility index (Phi) is 21.9. The topological polar surface area (TPSA) is 213 Å². The molecule has 1 aliphatic rings. The highest BCUT2D eigenvalue weighted by Gasteiger charge is 2.55. The minimum atomic E-state index is -1.86. The Balaban J connectivity index is 1.72. The van der Waals surface area contributed by atoms with Crippen LogP contribution in [0.25, 0.3) is 32.7 Å². The van der Waals surface area contributed by atoms with E-state index in [1.165, 1.54) is 41.5 Å². The van der Waals surface area contributed by atoms with Gasteiger partial charge in [0.15, 0.2) is 23.0 Å². The van der Waals surface area contributed by atoms with E-state index in [1.54, 1.807) is 36.4 Å². The zero-order valence-corrected chi connectivity index (χ0v) is 49.8. The summed E-state index contributed by atoms with van der Waals surface area (Å²) in [5.41, 5.74) is 2.08. The maximum absolute atomic E-state index is 13.0. The van der Waals surface area contributed by atoms with Gasteiger partial charge in [-0.3, -0.25) is 0 Å². The summed E-state index contributed by atoms with van der Waals surface area (Å²) < 4.78 is 75.9. The fourth-order valence-electron chi connectivity index (χ4n) is 9.56. The van der Waals surface area contributed by atoms with Gasteiger partial charge in [-0.15, -0.1) is 0 Å². The summed E-state index contributed by atoms with van der Waals surface area (Å²) in [6.07, 6.45) is 0. The van der Waals surface area contributed by atoms with Gasteiger partial charge < -0.3 is 56.8 Å². The van der Waals surface area contributed by atoms with Crippen LogP contribution in [0.1, 0.15) is 63.8 Å². The number of fused-ring (bicyclic) bond motifs is 5. The molecule has 0 amide bonds. The first-order valence-electron chi connectivity index (χ1n) is 27.8. The Morgan fingerprint density at radius 1 is 0.287 bits per heavy atom. The minimum absolute atomic E-state index is 0.0109. The molecule has 0 unspecified atom stereocenters. The number of rotatable bonds is 32. The Morgan fingerprint density at radius 3 is 0.747 bits per heavy atom. The van der Waals surface area contributed by atoms with Gasteiger partial charge in [-0.1, -0.05) is 137 Å².